The average molecular weight is 205 g/mol. The minimum absolute atomic E-state index is 0.216. The molecule has 0 saturated heterocycles. The summed E-state index contributed by atoms with van der Waals surface area (Å²) in [6, 6.07) is 9.61. The first-order valence-electron chi connectivity index (χ1n) is 4.79. The van der Waals surface area contributed by atoms with Gasteiger partial charge in [-0.2, -0.15) is 0 Å². The summed E-state index contributed by atoms with van der Waals surface area (Å²) in [5, 5.41) is 1.03. The summed E-state index contributed by atoms with van der Waals surface area (Å²) in [6.07, 6.45) is 0.981. The van der Waals surface area contributed by atoms with Crippen molar-refractivity contribution < 1.29 is 8.81 Å². The highest BCUT2D eigenvalue weighted by molar-refractivity contribution is 5.77. The van der Waals surface area contributed by atoms with Crippen LogP contribution < -0.4 is 5.73 Å². The van der Waals surface area contributed by atoms with Crippen LogP contribution in [0.25, 0.3) is 11.0 Å². The van der Waals surface area contributed by atoms with Crippen molar-refractivity contribution in [1.29, 1.82) is 0 Å². The molecule has 0 aliphatic carbocycles. The molecule has 2 aromatic rings. The first kappa shape index (κ1) is 9.93. The van der Waals surface area contributed by atoms with Gasteiger partial charge in [0.1, 0.15) is 11.3 Å². The molecule has 0 aliphatic rings. The van der Waals surface area contributed by atoms with Crippen molar-refractivity contribution in [3.8, 4) is 0 Å². The van der Waals surface area contributed by atoms with Crippen LogP contribution in [-0.2, 0) is 6.42 Å². The first-order valence-corrected chi connectivity index (χ1v) is 4.79. The second-order valence-electron chi connectivity index (χ2n) is 3.40. The lowest BCUT2D eigenvalue weighted by Crippen LogP contribution is -2.04. The Labute approximate surface area is 87.2 Å². The number of benzene rings is 1. The summed E-state index contributed by atoms with van der Waals surface area (Å²) < 4.78 is 17.9. The van der Waals surface area contributed by atoms with Crippen molar-refractivity contribution in [2.75, 3.05) is 6.54 Å². The van der Waals surface area contributed by atoms with Crippen molar-refractivity contribution >= 4 is 11.0 Å². The Morgan fingerprint density at radius 1 is 1.40 bits per heavy atom. The lowest BCUT2D eigenvalue weighted by atomic mass is 10.1. The Balaban J connectivity index is 2.29. The summed E-state index contributed by atoms with van der Waals surface area (Å²) in [5.74, 6) is 0.741. The molecule has 1 heterocycles. The Morgan fingerprint density at radius 2 is 2.20 bits per heavy atom. The number of fused-ring (bicyclic) bond motifs is 1. The zero-order valence-corrected chi connectivity index (χ0v) is 8.24. The maximum Gasteiger partial charge on any atom is 0.134 e. The third kappa shape index (κ3) is 2.07. The van der Waals surface area contributed by atoms with Crippen LogP contribution in [0.3, 0.4) is 0 Å². The van der Waals surface area contributed by atoms with Gasteiger partial charge in [-0.25, -0.2) is 4.39 Å². The van der Waals surface area contributed by atoms with Crippen LogP contribution in [0.4, 0.5) is 4.39 Å². The highest BCUT2D eigenvalue weighted by Gasteiger charge is 2.05. The molecule has 0 radical (unpaired) electrons. The second kappa shape index (κ2) is 4.28. The third-order valence-electron chi connectivity index (χ3n) is 2.29. The molecule has 0 aliphatic heterocycles. The molecule has 2 rings (SSSR count). The van der Waals surface area contributed by atoms with E-state index >= 15 is 0 Å². The lowest BCUT2D eigenvalue weighted by molar-refractivity contribution is 0.556. The van der Waals surface area contributed by atoms with Crippen molar-refractivity contribution in [3.63, 3.8) is 0 Å². The van der Waals surface area contributed by atoms with Gasteiger partial charge >= 0.3 is 0 Å². The maximum absolute atomic E-state index is 12.3. The normalized spacial score (nSPS) is 12.3. The fourth-order valence-corrected chi connectivity index (χ4v) is 1.50. The van der Waals surface area contributed by atoms with E-state index < -0.39 is 0 Å². The molecule has 0 spiro atoms. The molecule has 3 heteroatoms. The van der Waals surface area contributed by atoms with E-state index in [0.717, 1.165) is 16.7 Å². The second-order valence-corrected chi connectivity index (χ2v) is 3.40. The van der Waals surface area contributed by atoms with E-state index in [-0.39, 0.29) is 6.54 Å². The van der Waals surface area contributed by atoms with Gasteiger partial charge < -0.3 is 10.2 Å². The summed E-state index contributed by atoms with van der Waals surface area (Å²) in [4.78, 5) is 0. The molecule has 0 fully saturated rings. The average Bonchev–Trinajstić information content (AvgIpc) is 2.68. The lowest BCUT2D eigenvalue weighted by Gasteiger charge is -1.97. The van der Waals surface area contributed by atoms with E-state index in [1.165, 1.54) is 0 Å². The van der Waals surface area contributed by atoms with E-state index in [2.05, 4.69) is 0 Å². The van der Waals surface area contributed by atoms with Gasteiger partial charge in [0, 0.05) is 18.4 Å². The third-order valence-corrected chi connectivity index (χ3v) is 2.29. The molecule has 15 heavy (non-hydrogen) atoms. The van der Waals surface area contributed by atoms with E-state index in [1.807, 2.05) is 30.3 Å². The zero-order chi connectivity index (χ0) is 10.7. The van der Waals surface area contributed by atoms with E-state index in [0.29, 0.717) is 18.3 Å². The highest BCUT2D eigenvalue weighted by Crippen LogP contribution is 2.20. The van der Waals surface area contributed by atoms with Gasteiger partial charge in [-0.1, -0.05) is 18.2 Å². The molecule has 0 atom stereocenters. The number of hydrogen-bond acceptors (Lipinski definition) is 2. The summed E-state index contributed by atoms with van der Waals surface area (Å²) in [5.41, 5.74) is 6.73. The molecular weight excluding hydrogens is 193 g/mol. The minimum atomic E-state index is 0.216. The van der Waals surface area contributed by atoms with Crippen LogP contribution >= 0.6 is 0 Å². The number of furan rings is 1. The Hall–Kier alpha value is -1.61. The molecular formula is C12H12FNO. The van der Waals surface area contributed by atoms with Gasteiger partial charge in [-0.15, -0.1) is 0 Å². The molecule has 0 saturated carbocycles. The predicted molar refractivity (Wildman–Crippen MR) is 58.2 cm³/mol. The van der Waals surface area contributed by atoms with E-state index in [1.54, 1.807) is 0 Å². The Morgan fingerprint density at radius 3 is 2.87 bits per heavy atom. The molecule has 0 bridgehead atoms. The largest absolute Gasteiger partial charge is 0.461 e. The van der Waals surface area contributed by atoms with Crippen molar-refractivity contribution in [2.24, 2.45) is 5.73 Å². The number of hydrogen-bond donors (Lipinski definition) is 1. The van der Waals surface area contributed by atoms with Gasteiger partial charge in [-0.3, -0.25) is 0 Å². The number of para-hydroxylation sites is 1. The molecule has 1 aromatic heterocycles. The summed E-state index contributed by atoms with van der Waals surface area (Å²) >= 11 is 0. The highest BCUT2D eigenvalue weighted by atomic mass is 19.1. The minimum Gasteiger partial charge on any atom is -0.461 e. The van der Waals surface area contributed by atoms with Crippen LogP contribution in [0.1, 0.15) is 5.76 Å². The van der Waals surface area contributed by atoms with Crippen molar-refractivity contribution in [3.05, 3.63) is 48.0 Å². The number of rotatable bonds is 3. The number of nitrogens with two attached hydrogens (primary N) is 1. The zero-order valence-electron chi connectivity index (χ0n) is 8.24. The van der Waals surface area contributed by atoms with Gasteiger partial charge in [0.15, 0.2) is 0 Å². The molecule has 78 valence electrons. The van der Waals surface area contributed by atoms with Gasteiger partial charge in [0.2, 0.25) is 0 Å². The van der Waals surface area contributed by atoms with Crippen molar-refractivity contribution in [1.82, 2.24) is 0 Å². The Bertz CT molecular complexity index is 454. The van der Waals surface area contributed by atoms with Crippen LogP contribution in [0.15, 0.2) is 46.7 Å². The molecule has 2 nitrogen and oxygen atoms in total. The maximum atomic E-state index is 12.3. The summed E-state index contributed by atoms with van der Waals surface area (Å²) in [6.45, 7) is 0.216. The van der Waals surface area contributed by atoms with E-state index in [4.69, 9.17) is 10.2 Å². The topological polar surface area (TPSA) is 39.2 Å². The molecule has 0 unspecified atom stereocenters. The van der Waals surface area contributed by atoms with Gasteiger partial charge in [0.25, 0.3) is 0 Å². The summed E-state index contributed by atoms with van der Waals surface area (Å²) in [7, 11) is 0. The Kier molecular flexibility index (Phi) is 2.83. The molecule has 2 N–H and O–H groups in total. The molecule has 1 aromatic carbocycles. The number of halogens is 1. The van der Waals surface area contributed by atoms with Gasteiger partial charge in [0.05, 0.1) is 6.33 Å². The fraction of sp³-hybridized carbons (Fsp3) is 0.167. The van der Waals surface area contributed by atoms with Crippen LogP contribution in [-0.4, -0.2) is 6.54 Å². The quantitative estimate of drug-likeness (QED) is 0.836. The van der Waals surface area contributed by atoms with Crippen LogP contribution in [0, 0.1) is 0 Å². The first-order chi connectivity index (χ1) is 7.33. The predicted octanol–water partition coefficient (Wildman–Crippen LogP) is 2.79. The van der Waals surface area contributed by atoms with Gasteiger partial charge in [-0.05, 0) is 17.7 Å². The van der Waals surface area contributed by atoms with Crippen LogP contribution in [0.2, 0.25) is 0 Å². The van der Waals surface area contributed by atoms with E-state index in [9.17, 15) is 4.39 Å². The monoisotopic (exact) mass is 205 g/mol. The smallest absolute Gasteiger partial charge is 0.134 e. The SMILES string of the molecule is NC/C(=C/F)Cc1cc2ccccc2o1. The standard InChI is InChI=1S/C12H12FNO/c13-7-9(8-14)5-11-6-10-3-1-2-4-12(10)15-11/h1-4,6-7H,5,8,14H2/b9-7+. The fourth-order valence-electron chi connectivity index (χ4n) is 1.50. The van der Waals surface area contributed by atoms with Crippen LogP contribution in [0.5, 0.6) is 0 Å². The van der Waals surface area contributed by atoms with Crippen molar-refractivity contribution in [2.45, 2.75) is 6.42 Å². The molecule has 0 amide bonds.